The molecular weight excluding hydrogens is 805 g/mol. The Kier molecular flexibility index (Phi) is 50.9. The average Bonchev–Trinajstić information content (AvgIpc) is 3.30. The van der Waals surface area contributed by atoms with Crippen LogP contribution < -0.4 is 0 Å². The van der Waals surface area contributed by atoms with E-state index in [0.29, 0.717) is 19.3 Å². The first kappa shape index (κ1) is 61.9. The summed E-state index contributed by atoms with van der Waals surface area (Å²) in [6.45, 7) is 6.41. The number of unbranched alkanes of at least 4 members (excludes halogenated alkanes) is 26. The topological polar surface area (TPSA) is 78.9 Å². The van der Waals surface area contributed by atoms with Crippen molar-refractivity contribution in [1.29, 1.82) is 0 Å². The minimum Gasteiger partial charge on any atom is -0.462 e. The number of carbonyl (C=O) groups excluding carboxylic acids is 3. The van der Waals surface area contributed by atoms with Gasteiger partial charge in [0.2, 0.25) is 0 Å². The molecule has 0 saturated heterocycles. The molecule has 0 amide bonds. The lowest BCUT2D eigenvalue weighted by Crippen LogP contribution is -2.30. The van der Waals surface area contributed by atoms with Crippen LogP contribution in [0.3, 0.4) is 0 Å². The summed E-state index contributed by atoms with van der Waals surface area (Å²) in [5, 5.41) is 0. The minimum atomic E-state index is -0.777. The van der Waals surface area contributed by atoms with Crippen molar-refractivity contribution in [3.05, 3.63) is 72.9 Å². The van der Waals surface area contributed by atoms with Crippen LogP contribution in [0.4, 0.5) is 0 Å². The van der Waals surface area contributed by atoms with Gasteiger partial charge in [0.1, 0.15) is 13.2 Å². The van der Waals surface area contributed by atoms with Gasteiger partial charge >= 0.3 is 17.9 Å². The van der Waals surface area contributed by atoms with Gasteiger partial charge in [0.15, 0.2) is 6.10 Å². The van der Waals surface area contributed by atoms with E-state index >= 15 is 0 Å². The van der Waals surface area contributed by atoms with Crippen molar-refractivity contribution < 1.29 is 28.6 Å². The zero-order valence-electron chi connectivity index (χ0n) is 42.7. The number of carbonyl (C=O) groups is 3. The first-order valence-corrected chi connectivity index (χ1v) is 27.4. The Morgan fingerprint density at radius 2 is 0.600 bits per heavy atom. The molecular formula is C59H102O6. The Bertz CT molecular complexity index is 1230. The van der Waals surface area contributed by atoms with E-state index in [1.165, 1.54) is 109 Å². The Labute approximate surface area is 402 Å². The first-order valence-electron chi connectivity index (χ1n) is 27.4. The molecule has 0 fully saturated rings. The maximum absolute atomic E-state index is 12.7. The van der Waals surface area contributed by atoms with Gasteiger partial charge in [-0.1, -0.05) is 229 Å². The second-order valence-corrected chi connectivity index (χ2v) is 18.1. The SMILES string of the molecule is CC/C=C\C/C=C\C/C=C\C/C=C\CCCCCCCCCCCCCCCCC(=O)OCC(COC(=O)CCCCCCC)OC(=O)CCCCCCC/C=C\C/C=C\CCCCC. The van der Waals surface area contributed by atoms with Crippen LogP contribution in [-0.4, -0.2) is 37.2 Å². The van der Waals surface area contributed by atoms with Gasteiger partial charge < -0.3 is 14.2 Å². The molecule has 374 valence electrons. The van der Waals surface area contributed by atoms with Crippen LogP contribution in [0, 0.1) is 0 Å². The third-order valence-electron chi connectivity index (χ3n) is 11.7. The number of ether oxygens (including phenoxy) is 3. The van der Waals surface area contributed by atoms with E-state index in [-0.39, 0.29) is 31.1 Å². The lowest BCUT2D eigenvalue weighted by Gasteiger charge is -2.18. The Balaban J connectivity index is 4.05. The highest BCUT2D eigenvalue weighted by molar-refractivity contribution is 5.71. The molecule has 0 rings (SSSR count). The molecule has 0 bridgehead atoms. The summed E-state index contributed by atoms with van der Waals surface area (Å²) < 4.78 is 16.7. The Hall–Kier alpha value is -3.15. The van der Waals surface area contributed by atoms with Gasteiger partial charge in [0.25, 0.3) is 0 Å². The van der Waals surface area contributed by atoms with Crippen molar-refractivity contribution in [3.8, 4) is 0 Å². The Morgan fingerprint density at radius 1 is 0.323 bits per heavy atom. The van der Waals surface area contributed by atoms with E-state index in [2.05, 4.69) is 93.7 Å². The number of allylic oxidation sites excluding steroid dienone is 12. The minimum absolute atomic E-state index is 0.0802. The highest BCUT2D eigenvalue weighted by atomic mass is 16.6. The maximum Gasteiger partial charge on any atom is 0.306 e. The van der Waals surface area contributed by atoms with Gasteiger partial charge in [-0.15, -0.1) is 0 Å². The number of esters is 3. The summed E-state index contributed by atoms with van der Waals surface area (Å²) in [6.07, 6.45) is 67.9. The summed E-state index contributed by atoms with van der Waals surface area (Å²) in [4.78, 5) is 37.7. The van der Waals surface area contributed by atoms with Crippen LogP contribution >= 0.6 is 0 Å². The molecule has 0 radical (unpaired) electrons. The smallest absolute Gasteiger partial charge is 0.306 e. The van der Waals surface area contributed by atoms with E-state index in [9.17, 15) is 14.4 Å². The fourth-order valence-corrected chi connectivity index (χ4v) is 7.58. The number of hydrogen-bond acceptors (Lipinski definition) is 6. The average molecular weight is 907 g/mol. The van der Waals surface area contributed by atoms with Crippen LogP contribution in [0.25, 0.3) is 0 Å². The molecule has 65 heavy (non-hydrogen) atoms. The monoisotopic (exact) mass is 907 g/mol. The molecule has 1 unspecified atom stereocenters. The normalized spacial score (nSPS) is 12.6. The van der Waals surface area contributed by atoms with Crippen molar-refractivity contribution in [2.24, 2.45) is 0 Å². The second kappa shape index (κ2) is 53.5. The van der Waals surface area contributed by atoms with Gasteiger partial charge in [-0.3, -0.25) is 14.4 Å². The van der Waals surface area contributed by atoms with E-state index < -0.39 is 6.10 Å². The van der Waals surface area contributed by atoms with Gasteiger partial charge in [-0.05, 0) is 89.9 Å². The molecule has 0 aliphatic carbocycles. The van der Waals surface area contributed by atoms with Crippen molar-refractivity contribution in [2.45, 2.75) is 271 Å². The molecule has 1 atom stereocenters. The summed E-state index contributed by atoms with van der Waals surface area (Å²) in [5.74, 6) is -0.905. The molecule has 0 aromatic rings. The van der Waals surface area contributed by atoms with E-state index in [4.69, 9.17) is 14.2 Å². The van der Waals surface area contributed by atoms with Crippen LogP contribution in [0.1, 0.15) is 265 Å². The third kappa shape index (κ3) is 51.7. The predicted octanol–water partition coefficient (Wildman–Crippen LogP) is 18.2. The zero-order chi connectivity index (χ0) is 47.2. The van der Waals surface area contributed by atoms with E-state index in [1.54, 1.807) is 0 Å². The van der Waals surface area contributed by atoms with Gasteiger partial charge in [-0.2, -0.15) is 0 Å². The first-order chi connectivity index (χ1) is 32.0. The number of rotatable bonds is 49. The molecule has 0 N–H and O–H groups in total. The fourth-order valence-electron chi connectivity index (χ4n) is 7.58. The lowest BCUT2D eigenvalue weighted by molar-refractivity contribution is -0.167. The molecule has 0 aliphatic rings. The fraction of sp³-hybridized carbons (Fsp3) is 0.746. The van der Waals surface area contributed by atoms with Crippen molar-refractivity contribution in [3.63, 3.8) is 0 Å². The molecule has 0 aromatic carbocycles. The van der Waals surface area contributed by atoms with Crippen molar-refractivity contribution in [2.75, 3.05) is 13.2 Å². The molecule has 6 heteroatoms. The number of hydrogen-bond donors (Lipinski definition) is 0. The summed E-state index contributed by atoms with van der Waals surface area (Å²) in [7, 11) is 0. The molecule has 0 spiro atoms. The standard InChI is InChI=1S/C59H102O6/c1-4-7-10-13-15-17-19-21-23-24-25-26-27-28-29-30-31-32-33-34-36-37-39-41-43-46-49-52-58(61)64-55-56(54-63-57(60)51-48-45-12-9-6-3)65-59(62)53-50-47-44-42-40-38-35-22-20-18-16-14-11-8-5-2/h7,10,15-18,21-23,25-26,35,56H,4-6,8-9,11-14,19-20,24,27-34,36-55H2,1-3H3/b10-7-,17-15-,18-16-,23-21-,26-25-,35-22-. The summed E-state index contributed by atoms with van der Waals surface area (Å²) in [5.41, 5.74) is 0. The van der Waals surface area contributed by atoms with Gasteiger partial charge in [0, 0.05) is 19.3 Å². The van der Waals surface area contributed by atoms with Gasteiger partial charge in [0.05, 0.1) is 0 Å². The highest BCUT2D eigenvalue weighted by Crippen LogP contribution is 2.15. The maximum atomic E-state index is 12.7. The van der Waals surface area contributed by atoms with Crippen LogP contribution in [-0.2, 0) is 28.6 Å². The predicted molar refractivity (Wildman–Crippen MR) is 279 cm³/mol. The van der Waals surface area contributed by atoms with Crippen LogP contribution in [0.2, 0.25) is 0 Å². The largest absolute Gasteiger partial charge is 0.462 e. The molecule has 0 heterocycles. The van der Waals surface area contributed by atoms with Crippen LogP contribution in [0.5, 0.6) is 0 Å². The molecule has 0 saturated carbocycles. The van der Waals surface area contributed by atoms with Gasteiger partial charge in [-0.25, -0.2) is 0 Å². The van der Waals surface area contributed by atoms with E-state index in [0.717, 1.165) is 116 Å². The zero-order valence-corrected chi connectivity index (χ0v) is 42.7. The summed E-state index contributed by atoms with van der Waals surface area (Å²) in [6, 6.07) is 0. The third-order valence-corrected chi connectivity index (χ3v) is 11.7. The molecule has 0 aromatic heterocycles. The molecule has 6 nitrogen and oxygen atoms in total. The molecule has 0 aliphatic heterocycles. The lowest BCUT2D eigenvalue weighted by atomic mass is 10.0. The van der Waals surface area contributed by atoms with Crippen LogP contribution in [0.15, 0.2) is 72.9 Å². The second-order valence-electron chi connectivity index (χ2n) is 18.1. The quantitative estimate of drug-likeness (QED) is 0.0262. The Morgan fingerprint density at radius 3 is 0.969 bits per heavy atom. The van der Waals surface area contributed by atoms with Crippen molar-refractivity contribution >= 4 is 17.9 Å². The highest BCUT2D eigenvalue weighted by Gasteiger charge is 2.19. The van der Waals surface area contributed by atoms with Crippen molar-refractivity contribution in [1.82, 2.24) is 0 Å². The van der Waals surface area contributed by atoms with E-state index in [1.807, 2.05) is 0 Å². The summed E-state index contributed by atoms with van der Waals surface area (Å²) >= 11 is 0.